The van der Waals surface area contributed by atoms with Crippen LogP contribution >= 0.6 is 11.6 Å². The molecule has 0 saturated heterocycles. The molecule has 0 aliphatic heterocycles. The summed E-state index contributed by atoms with van der Waals surface area (Å²) in [5.41, 5.74) is 2.80. The molecule has 0 saturated carbocycles. The second-order valence-electron chi connectivity index (χ2n) is 4.88. The number of hydrogen-bond donors (Lipinski definition) is 1. The fourth-order valence-electron chi connectivity index (χ4n) is 2.52. The maximum absolute atomic E-state index is 9.44. The van der Waals surface area contributed by atoms with Crippen LogP contribution in [-0.2, 0) is 13.2 Å². The van der Waals surface area contributed by atoms with Gasteiger partial charge in [0.05, 0.1) is 18.8 Å². The Bertz CT molecular complexity index is 564. The molecule has 0 amide bonds. The van der Waals surface area contributed by atoms with Crippen LogP contribution in [0.25, 0.3) is 0 Å². The number of halogens is 1. The van der Waals surface area contributed by atoms with Crippen LogP contribution in [0.1, 0.15) is 49.6 Å². The van der Waals surface area contributed by atoms with Crippen LogP contribution in [0.3, 0.4) is 0 Å². The van der Waals surface area contributed by atoms with Crippen LogP contribution in [0.5, 0.6) is 0 Å². The average molecular weight is 294 g/mol. The SMILES string of the molecule is CCC(CC)c1c(CO)nnn1Cc1cccc(Cl)c1. The van der Waals surface area contributed by atoms with Crippen LogP contribution in [0.15, 0.2) is 24.3 Å². The van der Waals surface area contributed by atoms with E-state index < -0.39 is 0 Å². The van der Waals surface area contributed by atoms with Crippen molar-refractivity contribution in [1.29, 1.82) is 0 Å². The second-order valence-corrected chi connectivity index (χ2v) is 5.32. The third kappa shape index (κ3) is 3.19. The maximum Gasteiger partial charge on any atom is 0.112 e. The quantitative estimate of drug-likeness (QED) is 0.888. The molecule has 4 nitrogen and oxygen atoms in total. The minimum Gasteiger partial charge on any atom is -0.390 e. The molecule has 0 unspecified atom stereocenters. The highest BCUT2D eigenvalue weighted by Gasteiger charge is 2.19. The van der Waals surface area contributed by atoms with Crippen LogP contribution in [0, 0.1) is 0 Å². The molecule has 0 aliphatic carbocycles. The zero-order chi connectivity index (χ0) is 14.5. The van der Waals surface area contributed by atoms with Gasteiger partial charge in [-0.1, -0.05) is 42.8 Å². The van der Waals surface area contributed by atoms with Gasteiger partial charge in [-0.05, 0) is 30.5 Å². The zero-order valence-corrected chi connectivity index (χ0v) is 12.6. The Morgan fingerprint density at radius 3 is 2.65 bits per heavy atom. The van der Waals surface area contributed by atoms with E-state index in [0.29, 0.717) is 23.2 Å². The average Bonchev–Trinajstić information content (AvgIpc) is 2.83. The van der Waals surface area contributed by atoms with Crippen molar-refractivity contribution < 1.29 is 5.11 Å². The number of nitrogens with zero attached hydrogens (tertiary/aromatic N) is 3. The smallest absolute Gasteiger partial charge is 0.112 e. The molecule has 1 aromatic carbocycles. The van der Waals surface area contributed by atoms with E-state index in [9.17, 15) is 5.11 Å². The van der Waals surface area contributed by atoms with Gasteiger partial charge in [-0.3, -0.25) is 0 Å². The van der Waals surface area contributed by atoms with Crippen molar-refractivity contribution in [3.05, 3.63) is 46.2 Å². The third-order valence-corrected chi connectivity index (χ3v) is 3.83. The summed E-state index contributed by atoms with van der Waals surface area (Å²) >= 11 is 6.02. The second kappa shape index (κ2) is 6.86. The Balaban J connectivity index is 2.34. The summed E-state index contributed by atoms with van der Waals surface area (Å²) in [6.07, 6.45) is 2.01. The lowest BCUT2D eigenvalue weighted by atomic mass is 9.97. The lowest BCUT2D eigenvalue weighted by Crippen LogP contribution is -2.11. The normalized spacial score (nSPS) is 11.2. The van der Waals surface area contributed by atoms with E-state index in [4.69, 9.17) is 11.6 Å². The van der Waals surface area contributed by atoms with Crippen LogP contribution < -0.4 is 0 Å². The summed E-state index contributed by atoms with van der Waals surface area (Å²) in [4.78, 5) is 0. The van der Waals surface area contributed by atoms with Crippen LogP contribution in [0.4, 0.5) is 0 Å². The molecule has 1 aromatic heterocycles. The van der Waals surface area contributed by atoms with Gasteiger partial charge in [0.15, 0.2) is 0 Å². The van der Waals surface area contributed by atoms with Gasteiger partial charge in [0, 0.05) is 10.9 Å². The molecule has 1 heterocycles. The number of benzene rings is 1. The fourth-order valence-corrected chi connectivity index (χ4v) is 2.73. The maximum atomic E-state index is 9.44. The van der Waals surface area contributed by atoms with Crippen molar-refractivity contribution in [1.82, 2.24) is 15.0 Å². The number of hydrogen-bond acceptors (Lipinski definition) is 3. The highest BCUT2D eigenvalue weighted by Crippen LogP contribution is 2.26. The van der Waals surface area contributed by atoms with Gasteiger partial charge in [-0.25, -0.2) is 4.68 Å². The first-order chi connectivity index (χ1) is 9.69. The van der Waals surface area contributed by atoms with Crippen LogP contribution in [0.2, 0.25) is 5.02 Å². The highest BCUT2D eigenvalue weighted by molar-refractivity contribution is 6.30. The van der Waals surface area contributed by atoms with Gasteiger partial charge < -0.3 is 5.11 Å². The molecule has 0 atom stereocenters. The van der Waals surface area contributed by atoms with Gasteiger partial charge >= 0.3 is 0 Å². The van der Waals surface area contributed by atoms with Crippen molar-refractivity contribution in [2.75, 3.05) is 0 Å². The molecule has 0 spiro atoms. The van der Waals surface area contributed by atoms with Gasteiger partial charge in [0.2, 0.25) is 0 Å². The van der Waals surface area contributed by atoms with Crippen LogP contribution in [-0.4, -0.2) is 20.1 Å². The van der Waals surface area contributed by atoms with Crippen molar-refractivity contribution in [3.63, 3.8) is 0 Å². The topological polar surface area (TPSA) is 50.9 Å². The lowest BCUT2D eigenvalue weighted by Gasteiger charge is -2.15. The van der Waals surface area contributed by atoms with E-state index in [2.05, 4.69) is 24.2 Å². The first-order valence-corrected chi connectivity index (χ1v) is 7.34. The number of aliphatic hydroxyl groups is 1. The Morgan fingerprint density at radius 1 is 1.30 bits per heavy atom. The Morgan fingerprint density at radius 2 is 2.05 bits per heavy atom. The number of rotatable bonds is 6. The van der Waals surface area contributed by atoms with Gasteiger partial charge in [-0.15, -0.1) is 5.10 Å². The molecule has 0 aliphatic rings. The van der Waals surface area contributed by atoms with Crippen molar-refractivity contribution in [2.45, 2.75) is 45.8 Å². The summed E-state index contributed by atoms with van der Waals surface area (Å²) in [5.74, 6) is 0.367. The predicted molar refractivity (Wildman–Crippen MR) is 79.8 cm³/mol. The molecule has 0 fully saturated rings. The first kappa shape index (κ1) is 15.0. The Labute approximate surface area is 124 Å². The molecule has 2 rings (SSSR count). The van der Waals surface area contributed by atoms with Crippen molar-refractivity contribution in [3.8, 4) is 0 Å². The molecule has 2 aromatic rings. The van der Waals surface area contributed by atoms with Crippen molar-refractivity contribution >= 4 is 11.6 Å². The summed E-state index contributed by atoms with van der Waals surface area (Å²) in [6.45, 7) is 4.85. The van der Waals surface area contributed by atoms with Gasteiger partial charge in [-0.2, -0.15) is 0 Å². The summed E-state index contributed by atoms with van der Waals surface area (Å²) in [5, 5.41) is 18.5. The van der Waals surface area contributed by atoms with E-state index in [0.717, 1.165) is 24.1 Å². The summed E-state index contributed by atoms with van der Waals surface area (Å²) in [7, 11) is 0. The highest BCUT2D eigenvalue weighted by atomic mass is 35.5. The minimum absolute atomic E-state index is 0.0681. The largest absolute Gasteiger partial charge is 0.390 e. The van der Waals surface area contributed by atoms with E-state index in [1.165, 1.54) is 0 Å². The standard InChI is InChI=1S/C15H20ClN3O/c1-3-12(4-2)15-14(10-20)17-18-19(15)9-11-6-5-7-13(16)8-11/h5-8,12,20H,3-4,9-10H2,1-2H3. The molecule has 1 N–H and O–H groups in total. The Kier molecular flexibility index (Phi) is 5.15. The molecule has 0 radical (unpaired) electrons. The molecule has 0 bridgehead atoms. The summed E-state index contributed by atoms with van der Waals surface area (Å²) in [6, 6.07) is 7.73. The number of aromatic nitrogens is 3. The molecule has 20 heavy (non-hydrogen) atoms. The van der Waals surface area contributed by atoms with E-state index >= 15 is 0 Å². The fraction of sp³-hybridized carbons (Fsp3) is 0.467. The van der Waals surface area contributed by atoms with Crippen molar-refractivity contribution in [2.24, 2.45) is 0 Å². The first-order valence-electron chi connectivity index (χ1n) is 6.97. The van der Waals surface area contributed by atoms with Gasteiger partial charge in [0.25, 0.3) is 0 Å². The molecule has 108 valence electrons. The lowest BCUT2D eigenvalue weighted by molar-refractivity contribution is 0.274. The Hall–Kier alpha value is -1.39. The van der Waals surface area contributed by atoms with Gasteiger partial charge in [0.1, 0.15) is 5.69 Å². The van der Waals surface area contributed by atoms with E-state index in [1.54, 1.807) is 0 Å². The zero-order valence-electron chi connectivity index (χ0n) is 11.9. The predicted octanol–water partition coefficient (Wildman–Crippen LogP) is 3.38. The molecule has 5 heteroatoms. The minimum atomic E-state index is -0.0681. The molecular weight excluding hydrogens is 274 g/mol. The monoisotopic (exact) mass is 293 g/mol. The van der Waals surface area contributed by atoms with E-state index in [1.807, 2.05) is 28.9 Å². The third-order valence-electron chi connectivity index (χ3n) is 3.59. The van der Waals surface area contributed by atoms with E-state index in [-0.39, 0.29) is 6.61 Å². The number of aliphatic hydroxyl groups excluding tert-OH is 1. The summed E-state index contributed by atoms with van der Waals surface area (Å²) < 4.78 is 1.88. The molecular formula is C15H20ClN3O.